The summed E-state index contributed by atoms with van der Waals surface area (Å²) in [6.45, 7) is 7.00. The van der Waals surface area contributed by atoms with E-state index in [4.69, 9.17) is 11.2 Å². The van der Waals surface area contributed by atoms with E-state index >= 15 is 0 Å². The van der Waals surface area contributed by atoms with Crippen molar-refractivity contribution < 1.29 is 19.1 Å². The molecule has 2 rings (SSSR count). The Morgan fingerprint density at radius 2 is 2.11 bits per heavy atom. The number of urea groups is 1. The van der Waals surface area contributed by atoms with Gasteiger partial charge in [0.05, 0.1) is 24.1 Å². The third-order valence-electron chi connectivity index (χ3n) is 5.24. The molecule has 1 aliphatic carbocycles. The predicted molar refractivity (Wildman–Crippen MR) is 97.5 cm³/mol. The summed E-state index contributed by atoms with van der Waals surface area (Å²) in [7, 11) is 0. The molecule has 2 fully saturated rings. The van der Waals surface area contributed by atoms with Crippen LogP contribution in [0.25, 0.3) is 0 Å². The Morgan fingerprint density at radius 1 is 1.44 bits per heavy atom. The molecule has 0 aromatic carbocycles. The lowest BCUT2D eigenvalue weighted by Gasteiger charge is -2.15. The number of hydrogen-bond acceptors (Lipinski definition) is 5. The van der Waals surface area contributed by atoms with Crippen molar-refractivity contribution in [3.05, 3.63) is 23.3 Å². The Balaban J connectivity index is 2.02. The van der Waals surface area contributed by atoms with Gasteiger partial charge in [0.15, 0.2) is 6.73 Å². The summed E-state index contributed by atoms with van der Waals surface area (Å²) in [6.07, 6.45) is 8.80. The summed E-state index contributed by atoms with van der Waals surface area (Å²) in [4.78, 5) is 38.5. The van der Waals surface area contributed by atoms with Crippen LogP contribution in [0.15, 0.2) is 23.3 Å². The van der Waals surface area contributed by atoms with Crippen LogP contribution in [-0.4, -0.2) is 47.5 Å². The molecule has 0 aromatic heterocycles. The molecule has 1 saturated heterocycles. The molecule has 0 aromatic rings. The summed E-state index contributed by atoms with van der Waals surface area (Å²) < 4.78 is 5.23. The first-order valence-corrected chi connectivity index (χ1v) is 8.63. The molecule has 2 unspecified atom stereocenters. The van der Waals surface area contributed by atoms with Crippen molar-refractivity contribution in [2.45, 2.75) is 27.7 Å². The molecule has 7 nitrogen and oxygen atoms in total. The number of amides is 3. The molecule has 0 N–H and O–H groups in total. The highest BCUT2D eigenvalue weighted by Gasteiger charge is 2.61. The van der Waals surface area contributed by atoms with Crippen LogP contribution in [-0.2, 0) is 14.3 Å². The number of imide groups is 1. The number of allylic oxidation sites excluding steroid dienone is 4. The quantitative estimate of drug-likeness (QED) is 0.235. The van der Waals surface area contributed by atoms with Crippen molar-refractivity contribution in [3.8, 4) is 18.4 Å². The molecule has 0 spiro atoms. The summed E-state index contributed by atoms with van der Waals surface area (Å²) in [5.74, 6) is 0.791. The SMILES string of the molecule is C#CCN1CC(=O)N(COC(=O)C2C(/C=C(C#N)/C(C)=C/C)C2(C)C)C1=O. The van der Waals surface area contributed by atoms with Gasteiger partial charge in [-0.2, -0.15) is 5.26 Å². The van der Waals surface area contributed by atoms with E-state index in [1.807, 2.05) is 33.8 Å². The van der Waals surface area contributed by atoms with Gasteiger partial charge in [-0.05, 0) is 30.8 Å². The molecule has 1 heterocycles. The molecule has 1 saturated carbocycles. The van der Waals surface area contributed by atoms with Crippen LogP contribution in [0.3, 0.4) is 0 Å². The van der Waals surface area contributed by atoms with E-state index in [-0.39, 0.29) is 24.4 Å². The zero-order chi connectivity index (χ0) is 20.4. The van der Waals surface area contributed by atoms with Crippen LogP contribution in [0.4, 0.5) is 4.79 Å². The normalized spacial score (nSPS) is 24.5. The van der Waals surface area contributed by atoms with Gasteiger partial charge in [-0.1, -0.05) is 31.9 Å². The van der Waals surface area contributed by atoms with Gasteiger partial charge in [-0.15, -0.1) is 6.42 Å². The highest BCUT2D eigenvalue weighted by atomic mass is 16.5. The fourth-order valence-electron chi connectivity index (χ4n) is 3.20. The monoisotopic (exact) mass is 369 g/mol. The van der Waals surface area contributed by atoms with Crippen molar-refractivity contribution >= 4 is 17.9 Å². The fourth-order valence-corrected chi connectivity index (χ4v) is 3.20. The van der Waals surface area contributed by atoms with Crippen molar-refractivity contribution in [2.75, 3.05) is 19.8 Å². The molecule has 142 valence electrons. The largest absolute Gasteiger partial charge is 0.443 e. The predicted octanol–water partition coefficient (Wildman–Crippen LogP) is 2.07. The maximum Gasteiger partial charge on any atom is 0.330 e. The summed E-state index contributed by atoms with van der Waals surface area (Å²) in [5, 5.41) is 9.30. The maximum atomic E-state index is 12.5. The second-order valence-electron chi connectivity index (χ2n) is 7.25. The lowest BCUT2D eigenvalue weighted by atomic mass is 10.0. The molecule has 0 radical (unpaired) electrons. The third-order valence-corrected chi connectivity index (χ3v) is 5.24. The number of esters is 1. The van der Waals surface area contributed by atoms with Crippen molar-refractivity contribution in [3.63, 3.8) is 0 Å². The maximum absolute atomic E-state index is 12.5. The first-order chi connectivity index (χ1) is 12.7. The van der Waals surface area contributed by atoms with Gasteiger partial charge >= 0.3 is 12.0 Å². The summed E-state index contributed by atoms with van der Waals surface area (Å²) >= 11 is 0. The van der Waals surface area contributed by atoms with Crippen LogP contribution in [0.1, 0.15) is 27.7 Å². The first kappa shape index (κ1) is 20.3. The van der Waals surface area contributed by atoms with Crippen molar-refractivity contribution in [1.82, 2.24) is 9.80 Å². The average Bonchev–Trinajstić information content (AvgIpc) is 3.06. The molecule has 1 aliphatic heterocycles. The van der Waals surface area contributed by atoms with E-state index in [1.165, 1.54) is 4.90 Å². The molecule has 2 aliphatic rings. The lowest BCUT2D eigenvalue weighted by molar-refractivity contribution is -0.151. The lowest BCUT2D eigenvalue weighted by Crippen LogP contribution is -2.36. The first-order valence-electron chi connectivity index (χ1n) is 8.63. The van der Waals surface area contributed by atoms with Gasteiger partial charge in [-0.25, -0.2) is 9.69 Å². The van der Waals surface area contributed by atoms with Gasteiger partial charge in [0.25, 0.3) is 5.91 Å². The van der Waals surface area contributed by atoms with E-state index < -0.39 is 30.6 Å². The van der Waals surface area contributed by atoms with Gasteiger partial charge in [-0.3, -0.25) is 9.59 Å². The van der Waals surface area contributed by atoms with Crippen LogP contribution in [0.5, 0.6) is 0 Å². The second kappa shape index (κ2) is 7.67. The van der Waals surface area contributed by atoms with Gasteiger partial charge in [0, 0.05) is 0 Å². The second-order valence-corrected chi connectivity index (χ2v) is 7.25. The highest BCUT2D eigenvalue weighted by Crippen LogP contribution is 2.60. The number of hydrogen-bond donors (Lipinski definition) is 0. The molecule has 0 bridgehead atoms. The van der Waals surface area contributed by atoms with Crippen LogP contribution in [0.2, 0.25) is 0 Å². The minimum absolute atomic E-state index is 0.0266. The Hall–Kier alpha value is -3.06. The molecule has 27 heavy (non-hydrogen) atoms. The van der Waals surface area contributed by atoms with Gasteiger partial charge < -0.3 is 9.64 Å². The highest BCUT2D eigenvalue weighted by molar-refractivity contribution is 6.02. The Kier molecular flexibility index (Phi) is 5.75. The number of nitrogens with zero attached hydrogens (tertiary/aromatic N) is 3. The summed E-state index contributed by atoms with van der Waals surface area (Å²) in [6, 6.07) is 1.59. The molecule has 3 amide bonds. The van der Waals surface area contributed by atoms with Gasteiger partial charge in [0.1, 0.15) is 6.54 Å². The van der Waals surface area contributed by atoms with Crippen LogP contribution in [0, 0.1) is 40.9 Å². The van der Waals surface area contributed by atoms with E-state index in [0.717, 1.165) is 10.5 Å². The number of nitriles is 1. The van der Waals surface area contributed by atoms with E-state index in [1.54, 1.807) is 6.08 Å². The fraction of sp³-hybridized carbons (Fsp3) is 0.500. The molecular formula is C20H23N3O4. The molecular weight excluding hydrogens is 346 g/mol. The van der Waals surface area contributed by atoms with Gasteiger partial charge in [0.2, 0.25) is 0 Å². The zero-order valence-electron chi connectivity index (χ0n) is 16.0. The standard InChI is InChI=1S/C20H23N3O4/c1-6-8-22-11-16(24)23(19(22)26)12-27-18(25)17-15(20(17,4)5)9-14(10-21)13(3)7-2/h1,7,9,15,17H,8,11-12H2,2-5H3/b13-7+,14-9+. The van der Waals surface area contributed by atoms with E-state index in [0.29, 0.717) is 5.57 Å². The number of terminal acetylenes is 1. The minimum Gasteiger partial charge on any atom is -0.443 e. The van der Waals surface area contributed by atoms with Crippen molar-refractivity contribution in [1.29, 1.82) is 5.26 Å². The smallest absolute Gasteiger partial charge is 0.330 e. The Bertz CT molecular complexity index is 810. The van der Waals surface area contributed by atoms with Crippen LogP contribution >= 0.6 is 0 Å². The molecule has 2 atom stereocenters. The van der Waals surface area contributed by atoms with Crippen LogP contribution < -0.4 is 0 Å². The topological polar surface area (TPSA) is 90.7 Å². The van der Waals surface area contributed by atoms with E-state index in [9.17, 15) is 19.6 Å². The minimum atomic E-state index is -0.562. The van der Waals surface area contributed by atoms with Crippen molar-refractivity contribution in [2.24, 2.45) is 17.3 Å². The summed E-state index contributed by atoms with van der Waals surface area (Å²) in [5.41, 5.74) is 1.01. The average molecular weight is 369 g/mol. The number of rotatable bonds is 6. The Labute approximate surface area is 159 Å². The number of carbonyl (C=O) groups excluding carboxylic acids is 3. The number of ether oxygens (including phenoxy) is 1. The third kappa shape index (κ3) is 3.88. The molecule has 7 heteroatoms. The zero-order valence-corrected chi connectivity index (χ0v) is 16.0. The Morgan fingerprint density at radius 3 is 2.67 bits per heavy atom. The number of carbonyl (C=O) groups is 3. The van der Waals surface area contributed by atoms with E-state index in [2.05, 4.69) is 12.0 Å².